The number of non-ortho nitro benzene ring substituents is 1. The summed E-state index contributed by atoms with van der Waals surface area (Å²) < 4.78 is 5.66. The van der Waals surface area contributed by atoms with Gasteiger partial charge in [0.25, 0.3) is 5.69 Å². The molecule has 2 aromatic carbocycles. The molecular formula is C15H12N2O3S. The van der Waals surface area contributed by atoms with Gasteiger partial charge >= 0.3 is 0 Å². The summed E-state index contributed by atoms with van der Waals surface area (Å²) >= 11 is 1.57. The third kappa shape index (κ3) is 3.52. The van der Waals surface area contributed by atoms with Crippen LogP contribution in [0, 0.1) is 21.4 Å². The fraction of sp³-hybridized carbons (Fsp3) is 0.133. The van der Waals surface area contributed by atoms with Gasteiger partial charge in [0.15, 0.2) is 0 Å². The molecule has 0 bridgehead atoms. The fourth-order valence-corrected chi connectivity index (χ4v) is 2.52. The van der Waals surface area contributed by atoms with E-state index < -0.39 is 4.92 Å². The molecule has 0 atom stereocenters. The van der Waals surface area contributed by atoms with Gasteiger partial charge in [-0.25, -0.2) is 0 Å². The quantitative estimate of drug-likeness (QED) is 0.465. The largest absolute Gasteiger partial charge is 0.456 e. The third-order valence-electron chi connectivity index (χ3n) is 2.67. The average molecular weight is 300 g/mol. The summed E-state index contributed by atoms with van der Waals surface area (Å²) in [7, 11) is 0. The fourth-order valence-electron chi connectivity index (χ4n) is 1.74. The van der Waals surface area contributed by atoms with Crippen molar-refractivity contribution in [2.45, 2.75) is 11.8 Å². The lowest BCUT2D eigenvalue weighted by Crippen LogP contribution is -1.92. The van der Waals surface area contributed by atoms with Gasteiger partial charge in [-0.05, 0) is 30.0 Å². The van der Waals surface area contributed by atoms with Crippen molar-refractivity contribution in [2.24, 2.45) is 0 Å². The van der Waals surface area contributed by atoms with Crippen LogP contribution >= 0.6 is 11.8 Å². The van der Waals surface area contributed by atoms with Crippen molar-refractivity contribution < 1.29 is 9.66 Å². The maximum absolute atomic E-state index is 10.6. The lowest BCUT2D eigenvalue weighted by Gasteiger charge is -2.10. The second-order valence-corrected chi connectivity index (χ2v) is 5.33. The van der Waals surface area contributed by atoms with E-state index in [-0.39, 0.29) is 5.69 Å². The summed E-state index contributed by atoms with van der Waals surface area (Å²) in [5, 5.41) is 19.9. The number of hydrogen-bond acceptors (Lipinski definition) is 5. The lowest BCUT2D eigenvalue weighted by atomic mass is 10.2. The predicted molar refractivity (Wildman–Crippen MR) is 80.7 cm³/mol. The molecule has 0 aliphatic rings. The maximum Gasteiger partial charge on any atom is 0.269 e. The SMILES string of the molecule is CCSc1cccc(Oc2ccc([N+](=O)[O-])cc2)c1C#N. The zero-order valence-corrected chi connectivity index (χ0v) is 12.1. The first-order chi connectivity index (χ1) is 10.2. The number of nitro benzene ring substituents is 1. The van der Waals surface area contributed by atoms with Crippen LogP contribution in [0.25, 0.3) is 0 Å². The molecule has 0 unspecified atom stereocenters. The molecule has 0 spiro atoms. The van der Waals surface area contributed by atoms with Gasteiger partial charge in [-0.2, -0.15) is 5.26 Å². The molecule has 21 heavy (non-hydrogen) atoms. The van der Waals surface area contributed by atoms with Crippen LogP contribution in [0.4, 0.5) is 5.69 Å². The zero-order valence-electron chi connectivity index (χ0n) is 11.3. The molecule has 0 aliphatic carbocycles. The molecule has 0 heterocycles. The highest BCUT2D eigenvalue weighted by Crippen LogP contribution is 2.32. The van der Waals surface area contributed by atoms with Crippen LogP contribution in [0.3, 0.4) is 0 Å². The van der Waals surface area contributed by atoms with Gasteiger partial charge in [0.2, 0.25) is 0 Å². The first-order valence-electron chi connectivity index (χ1n) is 6.24. The first-order valence-corrected chi connectivity index (χ1v) is 7.22. The van der Waals surface area contributed by atoms with Crippen LogP contribution < -0.4 is 4.74 Å². The standard InChI is InChI=1S/C15H12N2O3S/c1-2-21-15-5-3-4-14(13(15)10-16)20-12-8-6-11(7-9-12)17(18)19/h3-9H,2H2,1H3. The van der Waals surface area contributed by atoms with E-state index in [0.29, 0.717) is 17.1 Å². The Morgan fingerprint density at radius 1 is 1.29 bits per heavy atom. The van der Waals surface area contributed by atoms with Crippen molar-refractivity contribution in [3.63, 3.8) is 0 Å². The molecule has 5 nitrogen and oxygen atoms in total. The van der Waals surface area contributed by atoms with Gasteiger partial charge in [0.05, 0.1) is 4.92 Å². The van der Waals surface area contributed by atoms with Gasteiger partial charge in [-0.15, -0.1) is 11.8 Å². The Hall–Kier alpha value is -2.52. The summed E-state index contributed by atoms with van der Waals surface area (Å²) in [6.07, 6.45) is 0. The second kappa shape index (κ2) is 6.77. The van der Waals surface area contributed by atoms with Gasteiger partial charge in [-0.1, -0.05) is 13.0 Å². The van der Waals surface area contributed by atoms with E-state index in [4.69, 9.17) is 4.74 Å². The minimum atomic E-state index is -0.469. The molecule has 6 heteroatoms. The van der Waals surface area contributed by atoms with Crippen molar-refractivity contribution in [1.82, 2.24) is 0 Å². The molecule has 0 fully saturated rings. The number of nitrogens with zero attached hydrogens (tertiary/aromatic N) is 2. The molecular weight excluding hydrogens is 288 g/mol. The number of ether oxygens (including phenoxy) is 1. The topological polar surface area (TPSA) is 76.2 Å². The van der Waals surface area contributed by atoms with Crippen LogP contribution in [0.2, 0.25) is 0 Å². The molecule has 0 saturated heterocycles. The predicted octanol–water partition coefficient (Wildman–Crippen LogP) is 4.37. The highest BCUT2D eigenvalue weighted by molar-refractivity contribution is 7.99. The minimum Gasteiger partial charge on any atom is -0.456 e. The normalized spacial score (nSPS) is 9.90. The Kier molecular flexibility index (Phi) is 4.80. The molecule has 0 N–H and O–H groups in total. The first kappa shape index (κ1) is 14.9. The van der Waals surface area contributed by atoms with Gasteiger partial charge < -0.3 is 4.74 Å². The van der Waals surface area contributed by atoms with E-state index in [2.05, 4.69) is 6.07 Å². The zero-order chi connectivity index (χ0) is 15.2. The van der Waals surface area contributed by atoms with E-state index in [0.717, 1.165) is 10.6 Å². The summed E-state index contributed by atoms with van der Waals surface area (Å²) in [4.78, 5) is 11.0. The van der Waals surface area contributed by atoms with Crippen LogP contribution in [0.5, 0.6) is 11.5 Å². The minimum absolute atomic E-state index is 0.00172. The summed E-state index contributed by atoms with van der Waals surface area (Å²) in [6.45, 7) is 2.01. The number of benzene rings is 2. The maximum atomic E-state index is 10.6. The smallest absolute Gasteiger partial charge is 0.269 e. The monoisotopic (exact) mass is 300 g/mol. The van der Waals surface area contributed by atoms with E-state index in [1.165, 1.54) is 24.3 Å². The van der Waals surface area contributed by atoms with Gasteiger partial charge in [0, 0.05) is 17.0 Å². The van der Waals surface area contributed by atoms with Crippen molar-refractivity contribution in [3.05, 3.63) is 58.1 Å². The highest BCUT2D eigenvalue weighted by Gasteiger charge is 2.11. The summed E-state index contributed by atoms with van der Waals surface area (Å²) in [6, 6.07) is 13.3. The Morgan fingerprint density at radius 2 is 2.00 bits per heavy atom. The average Bonchev–Trinajstić information content (AvgIpc) is 2.48. The molecule has 0 saturated carbocycles. The van der Waals surface area contributed by atoms with Crippen LogP contribution in [-0.2, 0) is 0 Å². The molecule has 2 aromatic rings. The van der Waals surface area contributed by atoms with Crippen molar-refractivity contribution in [3.8, 4) is 17.6 Å². The van der Waals surface area contributed by atoms with E-state index >= 15 is 0 Å². The molecule has 0 aromatic heterocycles. The second-order valence-electron chi connectivity index (χ2n) is 4.03. The number of thioether (sulfide) groups is 1. The number of nitriles is 1. The summed E-state index contributed by atoms with van der Waals surface area (Å²) in [5.74, 6) is 1.76. The molecule has 106 valence electrons. The Balaban J connectivity index is 2.29. The van der Waals surface area contributed by atoms with E-state index in [9.17, 15) is 15.4 Å². The van der Waals surface area contributed by atoms with Crippen LogP contribution in [0.1, 0.15) is 12.5 Å². The van der Waals surface area contributed by atoms with E-state index in [1.807, 2.05) is 19.1 Å². The van der Waals surface area contributed by atoms with E-state index in [1.54, 1.807) is 17.8 Å². The summed E-state index contributed by atoms with van der Waals surface area (Å²) in [5.41, 5.74) is 0.473. The van der Waals surface area contributed by atoms with Crippen LogP contribution in [0.15, 0.2) is 47.4 Å². The molecule has 0 radical (unpaired) electrons. The molecule has 0 aliphatic heterocycles. The van der Waals surface area contributed by atoms with Gasteiger partial charge in [-0.3, -0.25) is 10.1 Å². The lowest BCUT2D eigenvalue weighted by molar-refractivity contribution is -0.384. The number of rotatable bonds is 5. The molecule has 2 rings (SSSR count). The Bertz CT molecular complexity index is 693. The van der Waals surface area contributed by atoms with Crippen molar-refractivity contribution in [2.75, 3.05) is 5.75 Å². The Labute approximate surface area is 126 Å². The highest BCUT2D eigenvalue weighted by atomic mass is 32.2. The third-order valence-corrected chi connectivity index (χ3v) is 3.61. The number of hydrogen-bond donors (Lipinski definition) is 0. The van der Waals surface area contributed by atoms with Crippen LogP contribution in [-0.4, -0.2) is 10.7 Å². The van der Waals surface area contributed by atoms with Crippen molar-refractivity contribution in [1.29, 1.82) is 5.26 Å². The molecule has 0 amide bonds. The van der Waals surface area contributed by atoms with Crippen molar-refractivity contribution >= 4 is 17.4 Å². The Morgan fingerprint density at radius 3 is 2.57 bits per heavy atom. The van der Waals surface area contributed by atoms with Gasteiger partial charge in [0.1, 0.15) is 23.1 Å². The number of nitro groups is 1.